The van der Waals surface area contributed by atoms with Gasteiger partial charge >= 0.3 is 0 Å². The van der Waals surface area contributed by atoms with Crippen LogP contribution >= 0.6 is 38.9 Å². The zero-order chi connectivity index (χ0) is 13.2. The molecule has 0 amide bonds. The van der Waals surface area contributed by atoms with Gasteiger partial charge in [-0.15, -0.1) is 11.3 Å². The Morgan fingerprint density at radius 2 is 2.32 bits per heavy atom. The summed E-state index contributed by atoms with van der Waals surface area (Å²) in [4.78, 5) is 5.45. The van der Waals surface area contributed by atoms with Crippen LogP contribution in [0.15, 0.2) is 36.0 Å². The van der Waals surface area contributed by atoms with Gasteiger partial charge in [-0.2, -0.15) is 0 Å². The molecule has 3 aromatic rings. The maximum absolute atomic E-state index is 6.13. The van der Waals surface area contributed by atoms with E-state index in [1.54, 1.807) is 11.3 Å². The lowest BCUT2D eigenvalue weighted by Gasteiger charge is -2.09. The number of nitrogens with zero attached hydrogens (tertiary/aromatic N) is 2. The Labute approximate surface area is 127 Å². The summed E-state index contributed by atoms with van der Waals surface area (Å²) in [6.07, 6.45) is 3.96. The minimum atomic E-state index is 0.439. The van der Waals surface area contributed by atoms with Crippen molar-refractivity contribution in [3.05, 3.63) is 52.3 Å². The maximum Gasteiger partial charge on any atom is 0.193 e. The first-order chi connectivity index (χ1) is 9.28. The fraction of sp³-hybridized carbons (Fsp3) is 0.154. The van der Waals surface area contributed by atoms with Crippen LogP contribution in [-0.2, 0) is 11.9 Å². The third-order valence-corrected chi connectivity index (χ3v) is 4.41. The number of benzene rings is 1. The van der Waals surface area contributed by atoms with Gasteiger partial charge in [0.1, 0.15) is 12.4 Å². The van der Waals surface area contributed by atoms with Gasteiger partial charge in [-0.05, 0) is 12.1 Å². The number of aromatic nitrogens is 2. The molecule has 19 heavy (non-hydrogen) atoms. The van der Waals surface area contributed by atoms with Crippen molar-refractivity contribution in [3.8, 4) is 5.75 Å². The van der Waals surface area contributed by atoms with Crippen molar-refractivity contribution in [1.29, 1.82) is 0 Å². The average Bonchev–Trinajstić information content (AvgIpc) is 2.97. The van der Waals surface area contributed by atoms with Gasteiger partial charge in [0.25, 0.3) is 0 Å². The van der Waals surface area contributed by atoms with Gasteiger partial charge in [-0.1, -0.05) is 33.6 Å². The first-order valence-electron chi connectivity index (χ1n) is 5.65. The first kappa shape index (κ1) is 13.0. The van der Waals surface area contributed by atoms with E-state index in [1.807, 2.05) is 40.4 Å². The summed E-state index contributed by atoms with van der Waals surface area (Å²) in [7, 11) is 0. The third-order valence-electron chi connectivity index (χ3n) is 2.73. The van der Waals surface area contributed by atoms with E-state index in [2.05, 4.69) is 20.9 Å². The van der Waals surface area contributed by atoms with E-state index in [4.69, 9.17) is 16.3 Å². The lowest BCUT2D eigenvalue weighted by molar-refractivity contribution is 0.300. The Morgan fingerprint density at radius 1 is 1.42 bits per heavy atom. The zero-order valence-electron chi connectivity index (χ0n) is 9.85. The maximum atomic E-state index is 6.13. The van der Waals surface area contributed by atoms with Crippen molar-refractivity contribution in [2.24, 2.45) is 0 Å². The molecule has 2 heterocycles. The fourth-order valence-electron chi connectivity index (χ4n) is 1.80. The van der Waals surface area contributed by atoms with E-state index in [-0.39, 0.29) is 0 Å². The molecule has 0 aliphatic rings. The fourth-order valence-corrected chi connectivity index (χ4v) is 3.49. The van der Waals surface area contributed by atoms with E-state index in [1.165, 1.54) is 0 Å². The van der Waals surface area contributed by atoms with Crippen LogP contribution in [0.4, 0.5) is 0 Å². The van der Waals surface area contributed by atoms with Crippen molar-refractivity contribution in [1.82, 2.24) is 9.38 Å². The zero-order valence-corrected chi connectivity index (χ0v) is 13.0. The Morgan fingerprint density at radius 3 is 3.11 bits per heavy atom. The number of imidazole rings is 1. The summed E-state index contributed by atoms with van der Waals surface area (Å²) < 4.78 is 7.80. The van der Waals surface area contributed by atoms with Crippen LogP contribution in [0, 0.1) is 0 Å². The van der Waals surface area contributed by atoms with Crippen LogP contribution in [0.25, 0.3) is 4.96 Å². The Kier molecular flexibility index (Phi) is 3.77. The van der Waals surface area contributed by atoms with E-state index in [9.17, 15) is 0 Å². The minimum absolute atomic E-state index is 0.439. The SMILES string of the molecule is Clc1cccc(OCc2cn3ccsc3n2)c1CBr. The van der Waals surface area contributed by atoms with Crippen LogP contribution in [0.2, 0.25) is 5.02 Å². The highest BCUT2D eigenvalue weighted by Gasteiger charge is 2.08. The second-order valence-corrected chi connectivity index (χ2v) is 5.80. The molecular weight excluding hydrogens is 348 g/mol. The first-order valence-corrected chi connectivity index (χ1v) is 8.03. The third kappa shape index (κ3) is 2.63. The van der Waals surface area contributed by atoms with E-state index < -0.39 is 0 Å². The molecule has 0 unspecified atom stereocenters. The van der Waals surface area contributed by atoms with Gasteiger partial charge < -0.3 is 4.74 Å². The van der Waals surface area contributed by atoms with Gasteiger partial charge in [-0.3, -0.25) is 4.40 Å². The topological polar surface area (TPSA) is 26.5 Å². The molecular formula is C13H10BrClN2OS. The number of hydrogen-bond acceptors (Lipinski definition) is 3. The molecule has 0 saturated carbocycles. The summed E-state index contributed by atoms with van der Waals surface area (Å²) in [6.45, 7) is 0.439. The van der Waals surface area contributed by atoms with Gasteiger partial charge in [0.2, 0.25) is 0 Å². The molecule has 0 fully saturated rings. The molecule has 1 aromatic carbocycles. The molecule has 0 bridgehead atoms. The molecule has 0 saturated heterocycles. The number of hydrogen-bond donors (Lipinski definition) is 0. The molecule has 3 nitrogen and oxygen atoms in total. The number of ether oxygens (including phenoxy) is 1. The summed E-state index contributed by atoms with van der Waals surface area (Å²) in [5.41, 5.74) is 1.87. The second kappa shape index (κ2) is 5.53. The normalized spacial score (nSPS) is 11.1. The largest absolute Gasteiger partial charge is 0.487 e. The van der Waals surface area contributed by atoms with E-state index in [0.717, 1.165) is 22.0 Å². The summed E-state index contributed by atoms with van der Waals surface area (Å²) in [5, 5.41) is 3.38. The number of rotatable bonds is 4. The van der Waals surface area contributed by atoms with Crippen molar-refractivity contribution < 1.29 is 4.74 Å². The van der Waals surface area contributed by atoms with E-state index in [0.29, 0.717) is 17.0 Å². The predicted octanol–water partition coefficient (Wildman–Crippen LogP) is 4.52. The Hall–Kier alpha value is -1.04. The number of fused-ring (bicyclic) bond motifs is 1. The molecule has 0 spiro atoms. The van der Waals surface area contributed by atoms with Crippen LogP contribution in [-0.4, -0.2) is 9.38 Å². The lowest BCUT2D eigenvalue weighted by Crippen LogP contribution is -1.98. The highest BCUT2D eigenvalue weighted by Crippen LogP contribution is 2.29. The Balaban J connectivity index is 1.79. The van der Waals surface area contributed by atoms with Crippen molar-refractivity contribution in [3.63, 3.8) is 0 Å². The standard InChI is InChI=1S/C13H10BrClN2OS/c14-6-10-11(15)2-1-3-12(10)18-8-9-7-17-4-5-19-13(17)16-9/h1-5,7H,6,8H2. The van der Waals surface area contributed by atoms with Crippen molar-refractivity contribution in [2.75, 3.05) is 0 Å². The number of halogens is 2. The van der Waals surface area contributed by atoms with E-state index >= 15 is 0 Å². The summed E-state index contributed by atoms with van der Waals surface area (Å²) in [6, 6.07) is 5.66. The molecule has 3 rings (SSSR count). The molecule has 0 aliphatic heterocycles. The van der Waals surface area contributed by atoms with Crippen LogP contribution < -0.4 is 4.74 Å². The van der Waals surface area contributed by atoms with Gasteiger partial charge in [0, 0.05) is 33.7 Å². The molecule has 0 atom stereocenters. The van der Waals surface area contributed by atoms with Crippen molar-refractivity contribution >= 4 is 43.8 Å². The van der Waals surface area contributed by atoms with Crippen LogP contribution in [0.1, 0.15) is 11.3 Å². The lowest BCUT2D eigenvalue weighted by atomic mass is 10.2. The van der Waals surface area contributed by atoms with Gasteiger partial charge in [0.15, 0.2) is 4.96 Å². The molecule has 0 radical (unpaired) electrons. The number of thiazole rings is 1. The molecule has 2 aromatic heterocycles. The molecule has 0 aliphatic carbocycles. The predicted molar refractivity (Wildman–Crippen MR) is 81.5 cm³/mol. The quantitative estimate of drug-likeness (QED) is 0.642. The molecule has 0 N–H and O–H groups in total. The van der Waals surface area contributed by atoms with Crippen LogP contribution in [0.3, 0.4) is 0 Å². The minimum Gasteiger partial charge on any atom is -0.487 e. The van der Waals surface area contributed by atoms with Crippen LogP contribution in [0.5, 0.6) is 5.75 Å². The molecule has 6 heteroatoms. The Bertz CT molecular complexity index is 681. The van der Waals surface area contributed by atoms with Gasteiger partial charge in [-0.25, -0.2) is 4.98 Å². The van der Waals surface area contributed by atoms with Crippen molar-refractivity contribution in [2.45, 2.75) is 11.9 Å². The highest BCUT2D eigenvalue weighted by atomic mass is 79.9. The highest BCUT2D eigenvalue weighted by molar-refractivity contribution is 9.08. The summed E-state index contributed by atoms with van der Waals surface area (Å²) in [5.74, 6) is 0.792. The smallest absolute Gasteiger partial charge is 0.193 e. The molecule has 98 valence electrons. The van der Waals surface area contributed by atoms with Gasteiger partial charge in [0.05, 0.1) is 5.69 Å². The number of alkyl halides is 1. The second-order valence-electron chi connectivity index (χ2n) is 3.96. The average molecular weight is 358 g/mol. The monoisotopic (exact) mass is 356 g/mol. The summed E-state index contributed by atoms with van der Waals surface area (Å²) >= 11 is 11.2.